The SMILES string of the molecule is COc1ccc(CNc2nc3c(OC)cc(F)cc3c3nc([C@@H]4CCCN(C(=O)OC(C)(C)C)C4)nn23)c(OC)c1.COc1ccc(CNc2nc3c(OC)cc(F)cc3c3nc([C@@H]4CCCNC4)nn23)c(OC)c1. The monoisotopic (exact) mass is 1030 g/mol. The van der Waals surface area contributed by atoms with Gasteiger partial charge >= 0.3 is 6.09 Å². The van der Waals surface area contributed by atoms with Gasteiger partial charge in [0.15, 0.2) is 22.9 Å². The number of hydrogen-bond acceptors (Lipinski definition) is 17. The smallest absolute Gasteiger partial charge is 0.410 e. The number of carbonyl (C=O) groups is 1. The van der Waals surface area contributed by atoms with Crippen LogP contribution in [-0.4, -0.2) is 125 Å². The van der Waals surface area contributed by atoms with E-state index in [0.717, 1.165) is 55.7 Å². The van der Waals surface area contributed by atoms with E-state index in [1.165, 1.54) is 38.5 Å². The van der Waals surface area contributed by atoms with Crippen LogP contribution in [0.25, 0.3) is 33.1 Å². The Bertz CT molecular complexity index is 3360. The Hall–Kier alpha value is -8.01. The van der Waals surface area contributed by atoms with Gasteiger partial charge in [-0.05, 0) is 89.4 Å². The van der Waals surface area contributed by atoms with E-state index in [1.54, 1.807) is 48.4 Å². The van der Waals surface area contributed by atoms with Gasteiger partial charge in [-0.3, -0.25) is 0 Å². The molecule has 2 atom stereocenters. The number of methoxy groups -OCH3 is 6. The highest BCUT2D eigenvalue weighted by Crippen LogP contribution is 2.35. The summed E-state index contributed by atoms with van der Waals surface area (Å²) >= 11 is 0. The number of aromatic nitrogens is 8. The molecule has 2 aliphatic heterocycles. The number of halogens is 2. The number of carbonyl (C=O) groups excluding carboxylic acids is 1. The Morgan fingerprint density at radius 2 is 1.13 bits per heavy atom. The summed E-state index contributed by atoms with van der Waals surface area (Å²) in [5.41, 5.74) is 3.13. The molecule has 2 saturated heterocycles. The Balaban J connectivity index is 0.000000187. The van der Waals surface area contributed by atoms with Gasteiger partial charge in [0.1, 0.15) is 62.8 Å². The number of hydrogen-bond donors (Lipinski definition) is 3. The third kappa shape index (κ3) is 11.2. The zero-order chi connectivity index (χ0) is 53.0. The zero-order valence-corrected chi connectivity index (χ0v) is 43.5. The van der Waals surface area contributed by atoms with E-state index >= 15 is 0 Å². The largest absolute Gasteiger partial charge is 0.497 e. The van der Waals surface area contributed by atoms with Crippen LogP contribution in [0.3, 0.4) is 0 Å². The first-order chi connectivity index (χ1) is 36.2. The highest BCUT2D eigenvalue weighted by Gasteiger charge is 2.32. The van der Waals surface area contributed by atoms with Crippen LogP contribution in [0.5, 0.6) is 34.5 Å². The van der Waals surface area contributed by atoms with Crippen molar-refractivity contribution in [3.8, 4) is 34.5 Å². The summed E-state index contributed by atoms with van der Waals surface area (Å²) in [6.45, 7) is 9.13. The number of nitrogens with one attached hydrogen (secondary N) is 3. The highest BCUT2D eigenvalue weighted by atomic mass is 19.1. The summed E-state index contributed by atoms with van der Waals surface area (Å²) in [6.07, 6.45) is 3.28. The van der Waals surface area contributed by atoms with Gasteiger partial charge < -0.3 is 54.0 Å². The van der Waals surface area contributed by atoms with Gasteiger partial charge in [0.05, 0.1) is 53.4 Å². The van der Waals surface area contributed by atoms with Gasteiger partial charge in [0.2, 0.25) is 11.9 Å². The third-order valence-electron chi connectivity index (χ3n) is 13.0. The molecule has 0 unspecified atom stereocenters. The average Bonchev–Trinajstić information content (AvgIpc) is 4.10. The lowest BCUT2D eigenvalue weighted by Gasteiger charge is -2.33. The molecule has 4 aromatic carbocycles. The van der Waals surface area contributed by atoms with Crippen molar-refractivity contribution in [1.29, 1.82) is 0 Å². The fraction of sp³-hybridized carbons (Fsp3) is 0.415. The van der Waals surface area contributed by atoms with Gasteiger partial charge in [0.25, 0.3) is 0 Å². The molecule has 8 aromatic rings. The molecule has 22 heteroatoms. The van der Waals surface area contributed by atoms with Crippen molar-refractivity contribution in [2.24, 2.45) is 0 Å². The second-order valence-electron chi connectivity index (χ2n) is 19.2. The molecule has 1 amide bonds. The number of benzene rings is 4. The number of ether oxygens (including phenoxy) is 7. The van der Waals surface area contributed by atoms with Crippen molar-refractivity contribution in [3.63, 3.8) is 0 Å². The first-order valence-corrected chi connectivity index (χ1v) is 24.7. The number of amides is 1. The minimum absolute atomic E-state index is 0.129. The molecule has 0 spiro atoms. The summed E-state index contributed by atoms with van der Waals surface area (Å²) in [4.78, 5) is 33.7. The Labute approximate surface area is 432 Å². The maximum atomic E-state index is 14.6. The molecule has 20 nitrogen and oxygen atoms in total. The molecule has 2 aliphatic rings. The van der Waals surface area contributed by atoms with E-state index in [0.29, 0.717) is 106 Å². The zero-order valence-electron chi connectivity index (χ0n) is 43.5. The quantitative estimate of drug-likeness (QED) is 0.0931. The summed E-state index contributed by atoms with van der Waals surface area (Å²) in [5.74, 6) is 4.66. The fourth-order valence-corrected chi connectivity index (χ4v) is 9.31. The normalized spacial score (nSPS) is 15.9. The molecule has 2 fully saturated rings. The van der Waals surface area contributed by atoms with Crippen LogP contribution in [0.2, 0.25) is 0 Å². The van der Waals surface area contributed by atoms with Crippen molar-refractivity contribution >= 4 is 51.1 Å². The number of rotatable bonds is 14. The van der Waals surface area contributed by atoms with Crippen LogP contribution in [0.15, 0.2) is 60.7 Å². The van der Waals surface area contributed by atoms with Crippen LogP contribution < -0.4 is 44.4 Å². The molecule has 0 saturated carbocycles. The minimum Gasteiger partial charge on any atom is -0.497 e. The predicted octanol–water partition coefficient (Wildman–Crippen LogP) is 8.69. The first kappa shape index (κ1) is 51.9. The number of anilines is 2. The number of likely N-dealkylation sites (tertiary alicyclic amines) is 1. The number of fused-ring (bicyclic) bond motifs is 6. The van der Waals surface area contributed by atoms with Crippen molar-refractivity contribution in [3.05, 3.63) is 95.1 Å². The van der Waals surface area contributed by atoms with Crippen molar-refractivity contribution < 1.29 is 46.7 Å². The molecule has 6 heterocycles. The topological polar surface area (TPSA) is 207 Å². The molecule has 396 valence electrons. The third-order valence-corrected chi connectivity index (χ3v) is 13.0. The minimum atomic E-state index is -0.591. The highest BCUT2D eigenvalue weighted by molar-refractivity contribution is 5.97. The molecule has 0 bridgehead atoms. The molecule has 10 rings (SSSR count). The Kier molecular flexibility index (Phi) is 15.4. The maximum absolute atomic E-state index is 14.6. The van der Waals surface area contributed by atoms with Gasteiger partial charge in [-0.1, -0.05) is 0 Å². The molecule has 3 N–H and O–H groups in total. The van der Waals surface area contributed by atoms with Crippen molar-refractivity contribution in [2.75, 3.05) is 79.5 Å². The van der Waals surface area contributed by atoms with E-state index in [1.807, 2.05) is 51.1 Å². The summed E-state index contributed by atoms with van der Waals surface area (Å²) in [7, 11) is 9.39. The maximum Gasteiger partial charge on any atom is 0.410 e. The van der Waals surface area contributed by atoms with E-state index in [-0.39, 0.29) is 23.7 Å². The van der Waals surface area contributed by atoms with Gasteiger partial charge in [-0.15, -0.1) is 10.2 Å². The molecule has 4 aromatic heterocycles. The van der Waals surface area contributed by atoms with Crippen molar-refractivity contribution in [2.45, 2.75) is 77.0 Å². The second kappa shape index (κ2) is 22.2. The molecule has 0 radical (unpaired) electrons. The standard InChI is InChI=1S/C29H35FN6O5.C24H27FN6O3/c1-29(2,3)41-28(37)35-11-7-8-18(16-35)25-33-26-21-12-19(30)13-23(40-6)24(21)32-27(36(26)34-25)31-15-17-9-10-20(38-4)14-22(17)39-5;1-32-17-7-6-14(19(11-17)33-2)13-27-24-28-21-18(9-16(25)10-20(21)34-3)23-29-22(30-31(23)24)15-5-4-8-26-12-15/h9-10,12-14,18H,7-8,11,15-16H2,1-6H3,(H,31,32);6-7,9-11,15,26H,4-5,8,12-13H2,1-3H3,(H,27,28)/t18-;15-/m11/s1. The summed E-state index contributed by atoms with van der Waals surface area (Å²) in [6, 6.07) is 16.6. The Morgan fingerprint density at radius 1 is 0.640 bits per heavy atom. The second-order valence-corrected chi connectivity index (χ2v) is 19.2. The Morgan fingerprint density at radius 3 is 1.59 bits per heavy atom. The van der Waals surface area contributed by atoms with Gasteiger partial charge in [0, 0.05) is 80.0 Å². The molecule has 75 heavy (non-hydrogen) atoms. The summed E-state index contributed by atoms with van der Waals surface area (Å²) in [5, 5.41) is 20.7. The van der Waals surface area contributed by atoms with Crippen LogP contribution in [-0.2, 0) is 17.8 Å². The lowest BCUT2D eigenvalue weighted by molar-refractivity contribution is 0.0196. The lowest BCUT2D eigenvalue weighted by Crippen LogP contribution is -2.42. The van der Waals surface area contributed by atoms with Crippen molar-refractivity contribution in [1.82, 2.24) is 49.4 Å². The van der Waals surface area contributed by atoms with E-state index < -0.39 is 17.2 Å². The van der Waals surface area contributed by atoms with Crippen LogP contribution in [0, 0.1) is 11.6 Å². The molecular formula is C53H62F2N12O8. The first-order valence-electron chi connectivity index (χ1n) is 24.7. The van der Waals surface area contributed by atoms with Crippen LogP contribution in [0.1, 0.15) is 81.1 Å². The van der Waals surface area contributed by atoms with E-state index in [2.05, 4.69) is 16.0 Å². The molecular weight excluding hydrogens is 971 g/mol. The fourth-order valence-electron chi connectivity index (χ4n) is 9.31. The van der Waals surface area contributed by atoms with E-state index in [4.69, 9.17) is 63.3 Å². The average molecular weight is 1030 g/mol. The predicted molar refractivity (Wildman–Crippen MR) is 278 cm³/mol. The lowest BCUT2D eigenvalue weighted by atomic mass is 9.98. The van der Waals surface area contributed by atoms with Crippen LogP contribution >= 0.6 is 0 Å². The number of piperidine rings is 2. The van der Waals surface area contributed by atoms with Gasteiger partial charge in [-0.25, -0.2) is 33.5 Å². The van der Waals surface area contributed by atoms with Crippen LogP contribution in [0.4, 0.5) is 25.5 Å². The van der Waals surface area contributed by atoms with E-state index in [9.17, 15) is 13.6 Å². The summed E-state index contributed by atoms with van der Waals surface area (Å²) < 4.78 is 70.4. The molecule has 0 aliphatic carbocycles. The number of nitrogens with zero attached hydrogens (tertiary/aromatic N) is 9. The van der Waals surface area contributed by atoms with Gasteiger partial charge in [-0.2, -0.15) is 9.03 Å².